The number of amides is 3. The molecule has 1 saturated carbocycles. The number of ether oxygens (including phenoxy) is 1. The molecule has 1 aliphatic carbocycles. The zero-order chi connectivity index (χ0) is 19.9. The summed E-state index contributed by atoms with van der Waals surface area (Å²) in [5.74, 6) is 0.321. The number of nitrogens with one attached hydrogen (secondary N) is 3. The van der Waals surface area contributed by atoms with Gasteiger partial charge >= 0.3 is 6.03 Å². The number of benzene rings is 1. The molecule has 2 aliphatic rings. The SMILES string of the molecule is O=C(Nc1cccc(Cl)c1)N[C@@H]1CC[C@H](CCNC(=O)C2CCC2)O[C@H]1CO. The van der Waals surface area contributed by atoms with Crippen molar-refractivity contribution < 1.29 is 19.4 Å². The first-order valence-corrected chi connectivity index (χ1v) is 10.3. The molecule has 0 spiro atoms. The van der Waals surface area contributed by atoms with E-state index < -0.39 is 6.10 Å². The highest BCUT2D eigenvalue weighted by Gasteiger charge is 2.32. The number of aliphatic hydroxyl groups is 1. The summed E-state index contributed by atoms with van der Waals surface area (Å²) in [5, 5.41) is 18.8. The Balaban J connectivity index is 1.40. The first-order chi connectivity index (χ1) is 13.5. The number of urea groups is 1. The van der Waals surface area contributed by atoms with Gasteiger partial charge in [0.2, 0.25) is 5.91 Å². The average Bonchev–Trinajstić information content (AvgIpc) is 2.61. The largest absolute Gasteiger partial charge is 0.394 e. The Hall–Kier alpha value is -1.83. The Morgan fingerprint density at radius 2 is 2.04 bits per heavy atom. The standard InChI is InChI=1S/C20H28ClN3O4/c21-14-5-2-6-15(11-14)23-20(27)24-17-8-7-16(28-18(17)12-25)9-10-22-19(26)13-3-1-4-13/h2,5-6,11,13,16-18,25H,1,3-4,7-10,12H2,(H,22,26)(H2,23,24,27)/t16-,17-,18+/m1/s1. The van der Waals surface area contributed by atoms with Crippen LogP contribution in [0.3, 0.4) is 0 Å². The van der Waals surface area contributed by atoms with Crippen molar-refractivity contribution in [2.45, 2.75) is 56.8 Å². The lowest BCUT2D eigenvalue weighted by Gasteiger charge is -2.36. The van der Waals surface area contributed by atoms with E-state index in [0.717, 1.165) is 25.7 Å². The van der Waals surface area contributed by atoms with E-state index in [2.05, 4.69) is 16.0 Å². The molecule has 7 nitrogen and oxygen atoms in total. The summed E-state index contributed by atoms with van der Waals surface area (Å²) in [4.78, 5) is 24.1. The minimum Gasteiger partial charge on any atom is -0.394 e. The number of hydrogen-bond donors (Lipinski definition) is 4. The van der Waals surface area contributed by atoms with Crippen molar-refractivity contribution >= 4 is 29.2 Å². The second-order valence-corrected chi connectivity index (χ2v) is 7.92. The molecule has 1 saturated heterocycles. The van der Waals surface area contributed by atoms with Gasteiger partial charge in [-0.15, -0.1) is 0 Å². The number of carbonyl (C=O) groups excluding carboxylic acids is 2. The van der Waals surface area contributed by atoms with Gasteiger partial charge in [0.25, 0.3) is 0 Å². The Morgan fingerprint density at radius 3 is 2.71 bits per heavy atom. The van der Waals surface area contributed by atoms with E-state index in [1.165, 1.54) is 0 Å². The fraction of sp³-hybridized carbons (Fsp3) is 0.600. The van der Waals surface area contributed by atoms with Crippen molar-refractivity contribution in [3.63, 3.8) is 0 Å². The van der Waals surface area contributed by atoms with E-state index in [1.807, 2.05) is 0 Å². The highest BCUT2D eigenvalue weighted by molar-refractivity contribution is 6.30. The molecular weight excluding hydrogens is 382 g/mol. The van der Waals surface area contributed by atoms with Crippen LogP contribution in [0.2, 0.25) is 5.02 Å². The fourth-order valence-electron chi connectivity index (χ4n) is 3.58. The van der Waals surface area contributed by atoms with E-state index in [4.69, 9.17) is 16.3 Å². The quantitative estimate of drug-likeness (QED) is 0.556. The summed E-state index contributed by atoms with van der Waals surface area (Å²) in [6.07, 6.45) is 4.79. The second kappa shape index (κ2) is 10.1. The predicted molar refractivity (Wildman–Crippen MR) is 107 cm³/mol. The van der Waals surface area contributed by atoms with Crippen molar-refractivity contribution in [3.05, 3.63) is 29.3 Å². The van der Waals surface area contributed by atoms with Crippen LogP contribution in [0.5, 0.6) is 0 Å². The van der Waals surface area contributed by atoms with Crippen LogP contribution < -0.4 is 16.0 Å². The number of carbonyl (C=O) groups is 2. The van der Waals surface area contributed by atoms with Crippen LogP contribution in [0.1, 0.15) is 38.5 Å². The van der Waals surface area contributed by atoms with Gasteiger partial charge in [-0.25, -0.2) is 4.79 Å². The molecule has 1 aromatic carbocycles. The highest BCUT2D eigenvalue weighted by atomic mass is 35.5. The molecule has 1 aromatic rings. The molecule has 1 heterocycles. The molecule has 1 aliphatic heterocycles. The van der Waals surface area contributed by atoms with E-state index in [9.17, 15) is 14.7 Å². The molecule has 8 heteroatoms. The number of anilines is 1. The van der Waals surface area contributed by atoms with Gasteiger partial charge in [0.1, 0.15) is 6.10 Å². The molecule has 0 radical (unpaired) electrons. The van der Waals surface area contributed by atoms with Gasteiger partial charge in [0.15, 0.2) is 0 Å². The van der Waals surface area contributed by atoms with Crippen molar-refractivity contribution in [1.82, 2.24) is 10.6 Å². The molecule has 0 aromatic heterocycles. The Morgan fingerprint density at radius 1 is 1.21 bits per heavy atom. The lowest BCUT2D eigenvalue weighted by molar-refractivity contribution is -0.127. The molecule has 0 unspecified atom stereocenters. The number of rotatable bonds is 7. The minimum atomic E-state index is -0.466. The summed E-state index contributed by atoms with van der Waals surface area (Å²) in [6.45, 7) is 0.401. The number of hydrogen-bond acceptors (Lipinski definition) is 4. The van der Waals surface area contributed by atoms with Gasteiger partial charge in [-0.3, -0.25) is 4.79 Å². The predicted octanol–water partition coefficient (Wildman–Crippen LogP) is 2.68. The zero-order valence-electron chi connectivity index (χ0n) is 15.8. The average molecular weight is 410 g/mol. The summed E-state index contributed by atoms with van der Waals surface area (Å²) in [5.41, 5.74) is 0.599. The van der Waals surface area contributed by atoms with E-state index in [-0.39, 0.29) is 36.6 Å². The topological polar surface area (TPSA) is 99.7 Å². The first-order valence-electron chi connectivity index (χ1n) is 9.92. The van der Waals surface area contributed by atoms with E-state index in [0.29, 0.717) is 30.1 Å². The molecule has 28 heavy (non-hydrogen) atoms. The van der Waals surface area contributed by atoms with E-state index >= 15 is 0 Å². The van der Waals surface area contributed by atoms with Crippen molar-refractivity contribution in [1.29, 1.82) is 0 Å². The van der Waals surface area contributed by atoms with Gasteiger partial charge in [-0.2, -0.15) is 0 Å². The van der Waals surface area contributed by atoms with Crippen molar-refractivity contribution in [3.8, 4) is 0 Å². The maximum Gasteiger partial charge on any atom is 0.319 e. The summed E-state index contributed by atoms with van der Waals surface area (Å²) >= 11 is 5.92. The smallest absolute Gasteiger partial charge is 0.319 e. The fourth-order valence-corrected chi connectivity index (χ4v) is 3.77. The maximum atomic E-state index is 12.2. The molecule has 0 bridgehead atoms. The Kier molecular flexibility index (Phi) is 7.53. The van der Waals surface area contributed by atoms with Gasteiger partial charge in [-0.1, -0.05) is 24.1 Å². The van der Waals surface area contributed by atoms with Crippen LogP contribution in [0, 0.1) is 5.92 Å². The lowest BCUT2D eigenvalue weighted by atomic mass is 9.85. The normalized spacial score (nSPS) is 24.9. The zero-order valence-corrected chi connectivity index (χ0v) is 16.6. The number of halogens is 1. The van der Waals surface area contributed by atoms with Gasteiger partial charge in [0.05, 0.1) is 18.8 Å². The minimum absolute atomic E-state index is 0.0344. The third kappa shape index (κ3) is 5.83. The second-order valence-electron chi connectivity index (χ2n) is 7.48. The van der Waals surface area contributed by atoms with Crippen LogP contribution in [0.25, 0.3) is 0 Å². The molecule has 3 amide bonds. The molecule has 154 valence electrons. The van der Waals surface area contributed by atoms with Gasteiger partial charge in [-0.05, 0) is 50.3 Å². The van der Waals surface area contributed by atoms with Crippen LogP contribution in [-0.4, -0.2) is 48.4 Å². The van der Waals surface area contributed by atoms with Gasteiger partial charge in [0, 0.05) is 23.2 Å². The van der Waals surface area contributed by atoms with Crippen LogP contribution in [-0.2, 0) is 9.53 Å². The first kappa shape index (κ1) is 20.9. The maximum absolute atomic E-state index is 12.2. The Bertz CT molecular complexity index is 683. The molecular formula is C20H28ClN3O4. The third-order valence-electron chi connectivity index (χ3n) is 5.44. The third-order valence-corrected chi connectivity index (χ3v) is 5.67. The monoisotopic (exact) mass is 409 g/mol. The van der Waals surface area contributed by atoms with Crippen LogP contribution in [0.15, 0.2) is 24.3 Å². The van der Waals surface area contributed by atoms with Crippen LogP contribution in [0.4, 0.5) is 10.5 Å². The van der Waals surface area contributed by atoms with Gasteiger partial charge < -0.3 is 25.8 Å². The molecule has 3 rings (SSSR count). The van der Waals surface area contributed by atoms with Crippen LogP contribution >= 0.6 is 11.6 Å². The van der Waals surface area contributed by atoms with E-state index in [1.54, 1.807) is 24.3 Å². The summed E-state index contributed by atoms with van der Waals surface area (Å²) in [7, 11) is 0. The van der Waals surface area contributed by atoms with Crippen molar-refractivity contribution in [2.24, 2.45) is 5.92 Å². The number of aliphatic hydroxyl groups excluding tert-OH is 1. The lowest BCUT2D eigenvalue weighted by Crippen LogP contribution is -2.52. The Labute approximate surface area is 170 Å². The molecule has 2 fully saturated rings. The summed E-state index contributed by atoms with van der Waals surface area (Å²) < 4.78 is 5.94. The van der Waals surface area contributed by atoms with Crippen molar-refractivity contribution in [2.75, 3.05) is 18.5 Å². The molecule has 4 N–H and O–H groups in total. The molecule has 3 atom stereocenters. The highest BCUT2D eigenvalue weighted by Crippen LogP contribution is 2.26. The summed E-state index contributed by atoms with van der Waals surface area (Å²) in [6, 6.07) is 6.27.